The normalized spacial score (nSPS) is 15.8. The van der Waals surface area contributed by atoms with E-state index in [1.807, 2.05) is 30.3 Å². The summed E-state index contributed by atoms with van der Waals surface area (Å²) in [5.41, 5.74) is 1.95. The minimum absolute atomic E-state index is 0.186. The first-order chi connectivity index (χ1) is 12.2. The standard InChI is InChI=1S/C20H19FN2OS/c1-2-3-13-25-20-22-18(14-15-7-5-4-6-8-15)19(24)23(20)17-11-9-16(21)10-12-17/h4-12,14H,2-3,13H2,1H3. The number of benzene rings is 2. The van der Waals surface area contributed by atoms with Crippen molar-refractivity contribution in [2.75, 3.05) is 10.7 Å². The van der Waals surface area contributed by atoms with Crippen LogP contribution in [0.2, 0.25) is 0 Å². The van der Waals surface area contributed by atoms with E-state index in [4.69, 9.17) is 0 Å². The van der Waals surface area contributed by atoms with E-state index in [0.29, 0.717) is 16.6 Å². The second kappa shape index (κ2) is 8.12. The highest BCUT2D eigenvalue weighted by molar-refractivity contribution is 8.14. The van der Waals surface area contributed by atoms with Crippen LogP contribution in [0.5, 0.6) is 0 Å². The number of hydrogen-bond acceptors (Lipinski definition) is 3. The Morgan fingerprint density at radius 2 is 1.84 bits per heavy atom. The Balaban J connectivity index is 1.92. The minimum atomic E-state index is -0.326. The number of aliphatic imine (C=N–C) groups is 1. The van der Waals surface area contributed by atoms with Crippen molar-refractivity contribution in [2.45, 2.75) is 19.8 Å². The molecule has 2 aromatic carbocycles. The summed E-state index contributed by atoms with van der Waals surface area (Å²) < 4.78 is 13.2. The summed E-state index contributed by atoms with van der Waals surface area (Å²) in [7, 11) is 0. The van der Waals surface area contributed by atoms with Gasteiger partial charge in [0.2, 0.25) is 0 Å². The average Bonchev–Trinajstić information content (AvgIpc) is 2.93. The van der Waals surface area contributed by atoms with Crippen LogP contribution in [0.25, 0.3) is 6.08 Å². The fourth-order valence-electron chi connectivity index (χ4n) is 2.43. The molecule has 1 heterocycles. The Bertz CT molecular complexity index is 800. The van der Waals surface area contributed by atoms with Crippen molar-refractivity contribution in [3.05, 3.63) is 71.7 Å². The lowest BCUT2D eigenvalue weighted by atomic mass is 10.2. The van der Waals surface area contributed by atoms with Gasteiger partial charge in [0.05, 0.1) is 5.69 Å². The molecule has 3 rings (SSSR count). The van der Waals surface area contributed by atoms with Crippen LogP contribution in [0, 0.1) is 5.82 Å². The van der Waals surface area contributed by atoms with E-state index in [-0.39, 0.29) is 11.7 Å². The highest BCUT2D eigenvalue weighted by atomic mass is 32.2. The molecule has 2 aromatic rings. The van der Waals surface area contributed by atoms with Crippen molar-refractivity contribution >= 4 is 34.6 Å². The van der Waals surface area contributed by atoms with Crippen molar-refractivity contribution in [3.8, 4) is 0 Å². The van der Waals surface area contributed by atoms with E-state index < -0.39 is 0 Å². The van der Waals surface area contributed by atoms with Gasteiger partial charge in [0.1, 0.15) is 11.5 Å². The first-order valence-electron chi connectivity index (χ1n) is 8.27. The van der Waals surface area contributed by atoms with Crippen molar-refractivity contribution in [1.82, 2.24) is 0 Å². The zero-order valence-corrected chi connectivity index (χ0v) is 14.8. The van der Waals surface area contributed by atoms with Crippen LogP contribution in [0.4, 0.5) is 10.1 Å². The molecule has 0 aromatic heterocycles. The van der Waals surface area contributed by atoms with Crippen molar-refractivity contribution in [1.29, 1.82) is 0 Å². The summed E-state index contributed by atoms with van der Waals surface area (Å²) in [6, 6.07) is 15.6. The van der Waals surface area contributed by atoms with E-state index in [2.05, 4.69) is 11.9 Å². The molecule has 0 saturated heterocycles. The maximum absolute atomic E-state index is 13.2. The number of thioether (sulfide) groups is 1. The van der Waals surface area contributed by atoms with Crippen molar-refractivity contribution in [3.63, 3.8) is 0 Å². The molecule has 0 bridgehead atoms. The highest BCUT2D eigenvalue weighted by Crippen LogP contribution is 2.29. The number of anilines is 1. The molecule has 0 radical (unpaired) electrons. The van der Waals surface area contributed by atoms with Gasteiger partial charge in [0, 0.05) is 5.75 Å². The van der Waals surface area contributed by atoms with Gasteiger partial charge in [-0.05, 0) is 42.3 Å². The molecular formula is C20H19FN2OS. The van der Waals surface area contributed by atoms with Crippen LogP contribution >= 0.6 is 11.8 Å². The summed E-state index contributed by atoms with van der Waals surface area (Å²) in [6.07, 6.45) is 3.91. The molecular weight excluding hydrogens is 335 g/mol. The van der Waals surface area contributed by atoms with Crippen LogP contribution < -0.4 is 4.90 Å². The molecule has 0 atom stereocenters. The molecule has 128 valence electrons. The molecule has 1 aliphatic heterocycles. The zero-order valence-electron chi connectivity index (χ0n) is 14.0. The molecule has 0 aliphatic carbocycles. The molecule has 0 unspecified atom stereocenters. The summed E-state index contributed by atoms with van der Waals surface area (Å²) in [5.74, 6) is 0.376. The lowest BCUT2D eigenvalue weighted by Crippen LogP contribution is -2.30. The third-order valence-corrected chi connectivity index (χ3v) is 4.77. The Hall–Kier alpha value is -2.40. The van der Waals surface area contributed by atoms with Gasteiger partial charge >= 0.3 is 0 Å². The molecule has 0 N–H and O–H groups in total. The van der Waals surface area contributed by atoms with Crippen LogP contribution in [-0.2, 0) is 4.79 Å². The Labute approximate surface area is 151 Å². The number of nitrogens with zero attached hydrogens (tertiary/aromatic N) is 2. The average molecular weight is 354 g/mol. The third kappa shape index (κ3) is 4.17. The molecule has 5 heteroatoms. The first-order valence-corrected chi connectivity index (χ1v) is 9.26. The van der Waals surface area contributed by atoms with Gasteiger partial charge in [-0.15, -0.1) is 0 Å². The summed E-state index contributed by atoms with van der Waals surface area (Å²) >= 11 is 1.55. The van der Waals surface area contributed by atoms with Crippen LogP contribution in [0.3, 0.4) is 0 Å². The van der Waals surface area contributed by atoms with Crippen LogP contribution in [0.15, 0.2) is 65.3 Å². The number of halogens is 1. The van der Waals surface area contributed by atoms with E-state index in [0.717, 1.165) is 24.2 Å². The lowest BCUT2D eigenvalue weighted by Gasteiger charge is -2.17. The number of amidine groups is 1. The summed E-state index contributed by atoms with van der Waals surface area (Å²) in [5, 5.41) is 0.646. The third-order valence-electron chi connectivity index (χ3n) is 3.75. The monoisotopic (exact) mass is 354 g/mol. The second-order valence-electron chi connectivity index (χ2n) is 5.65. The largest absolute Gasteiger partial charge is 0.283 e. The maximum Gasteiger partial charge on any atom is 0.283 e. The second-order valence-corrected chi connectivity index (χ2v) is 6.72. The summed E-state index contributed by atoms with van der Waals surface area (Å²) in [6.45, 7) is 2.13. The molecule has 25 heavy (non-hydrogen) atoms. The first kappa shape index (κ1) is 17.4. The Morgan fingerprint density at radius 1 is 1.12 bits per heavy atom. The number of amides is 1. The highest BCUT2D eigenvalue weighted by Gasteiger charge is 2.31. The van der Waals surface area contributed by atoms with E-state index in [1.165, 1.54) is 12.1 Å². The maximum atomic E-state index is 13.2. The van der Waals surface area contributed by atoms with Gasteiger partial charge in [0.25, 0.3) is 5.91 Å². The quantitative estimate of drug-likeness (QED) is 0.552. The SMILES string of the molecule is CCCCSC1=NC(=Cc2ccccc2)C(=O)N1c1ccc(F)cc1. The zero-order chi connectivity index (χ0) is 17.6. The van der Waals surface area contributed by atoms with Gasteiger partial charge in [-0.1, -0.05) is 55.4 Å². The number of unbranched alkanes of at least 4 members (excludes halogenated alkanes) is 1. The fourth-order valence-corrected chi connectivity index (χ4v) is 3.52. The smallest absolute Gasteiger partial charge is 0.266 e. The topological polar surface area (TPSA) is 32.7 Å². The molecule has 0 fully saturated rings. The van der Waals surface area contributed by atoms with Crippen LogP contribution in [-0.4, -0.2) is 16.8 Å². The van der Waals surface area contributed by atoms with Gasteiger partial charge < -0.3 is 0 Å². The number of carbonyl (C=O) groups is 1. The van der Waals surface area contributed by atoms with Gasteiger partial charge in [-0.2, -0.15) is 0 Å². The number of rotatable bonds is 5. The minimum Gasteiger partial charge on any atom is -0.266 e. The Kier molecular flexibility index (Phi) is 5.66. The van der Waals surface area contributed by atoms with Gasteiger partial charge in [0.15, 0.2) is 5.17 Å². The van der Waals surface area contributed by atoms with E-state index in [9.17, 15) is 9.18 Å². The van der Waals surface area contributed by atoms with Crippen molar-refractivity contribution in [2.24, 2.45) is 4.99 Å². The fraction of sp³-hybridized carbons (Fsp3) is 0.200. The van der Waals surface area contributed by atoms with Crippen molar-refractivity contribution < 1.29 is 9.18 Å². The molecule has 1 amide bonds. The Morgan fingerprint density at radius 3 is 2.52 bits per heavy atom. The lowest BCUT2D eigenvalue weighted by molar-refractivity contribution is -0.113. The molecule has 0 saturated carbocycles. The predicted octanol–water partition coefficient (Wildman–Crippen LogP) is 5.10. The number of carbonyl (C=O) groups excluding carboxylic acids is 1. The molecule has 1 aliphatic rings. The van der Waals surface area contributed by atoms with Gasteiger partial charge in [-0.3, -0.25) is 9.69 Å². The summed E-state index contributed by atoms with van der Waals surface area (Å²) in [4.78, 5) is 19.0. The predicted molar refractivity (Wildman–Crippen MR) is 103 cm³/mol. The van der Waals surface area contributed by atoms with E-state index in [1.54, 1.807) is 34.9 Å². The van der Waals surface area contributed by atoms with Crippen LogP contribution in [0.1, 0.15) is 25.3 Å². The van der Waals surface area contributed by atoms with Gasteiger partial charge in [-0.25, -0.2) is 9.38 Å². The molecule has 0 spiro atoms. The van der Waals surface area contributed by atoms with E-state index >= 15 is 0 Å². The molecule has 3 nitrogen and oxygen atoms in total. The number of hydrogen-bond donors (Lipinski definition) is 0.